The molecule has 0 aliphatic carbocycles. The summed E-state index contributed by atoms with van der Waals surface area (Å²) in [6, 6.07) is 2.92. The minimum Gasteiger partial charge on any atom is -0.480 e. The van der Waals surface area contributed by atoms with Gasteiger partial charge in [0.2, 0.25) is 5.91 Å². The fourth-order valence-electron chi connectivity index (χ4n) is 2.03. The third-order valence-corrected chi connectivity index (χ3v) is 2.92. The Morgan fingerprint density at radius 2 is 2.33 bits per heavy atom. The smallest absolute Gasteiger partial charge is 0.326 e. The van der Waals surface area contributed by atoms with E-state index in [1.807, 2.05) is 6.07 Å². The van der Waals surface area contributed by atoms with Crippen molar-refractivity contribution >= 4 is 18.0 Å². The number of nitrogens with zero attached hydrogens (tertiary/aromatic N) is 2. The highest BCUT2D eigenvalue weighted by Gasteiger charge is 2.32. The van der Waals surface area contributed by atoms with Crippen molar-refractivity contribution in [1.82, 2.24) is 9.88 Å². The molecule has 1 aliphatic heterocycles. The van der Waals surface area contributed by atoms with Gasteiger partial charge >= 0.3 is 5.97 Å². The van der Waals surface area contributed by atoms with E-state index in [1.54, 1.807) is 24.5 Å². The Balaban J connectivity index is 2.04. The first-order valence-corrected chi connectivity index (χ1v) is 5.80. The SMILES string of the molecule is O=C(O)[C@H]1CCCN1C(=O)C=Cc1cccnc1. The van der Waals surface area contributed by atoms with Gasteiger partial charge in [0.05, 0.1) is 0 Å². The second kappa shape index (κ2) is 5.44. The number of carbonyl (C=O) groups is 2. The van der Waals surface area contributed by atoms with Crippen molar-refractivity contribution in [3.8, 4) is 0 Å². The first kappa shape index (κ1) is 12.3. The predicted molar refractivity (Wildman–Crippen MR) is 65.6 cm³/mol. The molecule has 0 spiro atoms. The van der Waals surface area contributed by atoms with Crippen LogP contribution in [0.25, 0.3) is 6.08 Å². The standard InChI is InChI=1S/C13H14N2O3/c16-12(6-5-10-3-1-7-14-9-10)15-8-2-4-11(15)13(17)18/h1,3,5-7,9,11H,2,4,8H2,(H,17,18)/t11-/m1/s1. The molecular weight excluding hydrogens is 232 g/mol. The second-order valence-corrected chi connectivity index (χ2v) is 4.15. The first-order chi connectivity index (χ1) is 8.68. The number of likely N-dealkylation sites (tertiary alicyclic amines) is 1. The highest BCUT2D eigenvalue weighted by molar-refractivity contribution is 5.94. The Hall–Kier alpha value is -2.17. The molecule has 1 aromatic rings. The van der Waals surface area contributed by atoms with Gasteiger partial charge in [0.1, 0.15) is 6.04 Å². The molecule has 1 aromatic heterocycles. The number of carboxylic acids is 1. The molecule has 18 heavy (non-hydrogen) atoms. The van der Waals surface area contributed by atoms with Crippen molar-refractivity contribution in [3.63, 3.8) is 0 Å². The average Bonchev–Trinajstić information content (AvgIpc) is 2.86. The lowest BCUT2D eigenvalue weighted by Crippen LogP contribution is -2.39. The Kier molecular flexibility index (Phi) is 3.72. The third kappa shape index (κ3) is 2.74. The molecule has 1 fully saturated rings. The summed E-state index contributed by atoms with van der Waals surface area (Å²) in [5.74, 6) is -1.20. The Morgan fingerprint density at radius 1 is 1.50 bits per heavy atom. The van der Waals surface area contributed by atoms with Crippen LogP contribution in [0, 0.1) is 0 Å². The summed E-state index contributed by atoms with van der Waals surface area (Å²) in [5.41, 5.74) is 0.817. The molecule has 1 amide bonds. The lowest BCUT2D eigenvalue weighted by Gasteiger charge is -2.19. The molecule has 5 heteroatoms. The first-order valence-electron chi connectivity index (χ1n) is 5.80. The second-order valence-electron chi connectivity index (χ2n) is 4.15. The van der Waals surface area contributed by atoms with Gasteiger partial charge in [0, 0.05) is 25.0 Å². The van der Waals surface area contributed by atoms with Crippen molar-refractivity contribution in [2.75, 3.05) is 6.54 Å². The summed E-state index contributed by atoms with van der Waals surface area (Å²) in [5, 5.41) is 8.99. The maximum atomic E-state index is 11.9. The Bertz CT molecular complexity index is 470. The number of hydrogen-bond donors (Lipinski definition) is 1. The summed E-state index contributed by atoms with van der Waals surface area (Å²) in [6.45, 7) is 0.507. The van der Waals surface area contributed by atoms with Gasteiger partial charge in [-0.2, -0.15) is 0 Å². The maximum Gasteiger partial charge on any atom is 0.326 e. The van der Waals surface area contributed by atoms with Crippen LogP contribution in [0.15, 0.2) is 30.6 Å². The van der Waals surface area contributed by atoms with Crippen LogP contribution in [-0.4, -0.2) is 39.5 Å². The van der Waals surface area contributed by atoms with Crippen LogP contribution in [0.3, 0.4) is 0 Å². The third-order valence-electron chi connectivity index (χ3n) is 2.92. The van der Waals surface area contributed by atoms with E-state index in [2.05, 4.69) is 4.98 Å². The largest absolute Gasteiger partial charge is 0.480 e. The highest BCUT2D eigenvalue weighted by atomic mass is 16.4. The van der Waals surface area contributed by atoms with E-state index in [-0.39, 0.29) is 5.91 Å². The van der Waals surface area contributed by atoms with Crippen LogP contribution in [-0.2, 0) is 9.59 Å². The van der Waals surface area contributed by atoms with Crippen molar-refractivity contribution in [1.29, 1.82) is 0 Å². The molecular formula is C13H14N2O3. The van der Waals surface area contributed by atoms with Gasteiger partial charge in [0.15, 0.2) is 0 Å². The van der Waals surface area contributed by atoms with Gasteiger partial charge in [-0.25, -0.2) is 4.79 Å². The number of hydrogen-bond acceptors (Lipinski definition) is 3. The number of amides is 1. The monoisotopic (exact) mass is 246 g/mol. The number of aliphatic carboxylic acids is 1. The van der Waals surface area contributed by atoms with E-state index in [0.717, 1.165) is 12.0 Å². The molecule has 1 saturated heterocycles. The van der Waals surface area contributed by atoms with Crippen LogP contribution >= 0.6 is 0 Å². The van der Waals surface area contributed by atoms with Gasteiger partial charge in [-0.3, -0.25) is 9.78 Å². The lowest BCUT2D eigenvalue weighted by molar-refractivity contribution is -0.146. The molecule has 0 aromatic carbocycles. The summed E-state index contributed by atoms with van der Waals surface area (Å²) in [6.07, 6.45) is 7.61. The quantitative estimate of drug-likeness (QED) is 0.813. The number of carbonyl (C=O) groups excluding carboxylic acids is 1. The highest BCUT2D eigenvalue weighted by Crippen LogP contribution is 2.18. The minimum absolute atomic E-state index is 0.260. The number of pyridine rings is 1. The van der Waals surface area contributed by atoms with Crippen LogP contribution in [0.1, 0.15) is 18.4 Å². The van der Waals surface area contributed by atoms with E-state index in [0.29, 0.717) is 13.0 Å². The summed E-state index contributed by atoms with van der Waals surface area (Å²) >= 11 is 0. The summed E-state index contributed by atoms with van der Waals surface area (Å²) in [4.78, 5) is 28.2. The maximum absolute atomic E-state index is 11.9. The average molecular weight is 246 g/mol. The number of rotatable bonds is 3. The normalized spacial score (nSPS) is 19.3. The van der Waals surface area contributed by atoms with Gasteiger partial charge in [-0.1, -0.05) is 6.07 Å². The van der Waals surface area contributed by atoms with Crippen LogP contribution in [0.4, 0.5) is 0 Å². The zero-order valence-corrected chi connectivity index (χ0v) is 9.82. The molecule has 1 N–H and O–H groups in total. The molecule has 1 aliphatic rings. The van der Waals surface area contributed by atoms with E-state index in [9.17, 15) is 9.59 Å². The number of carboxylic acid groups (broad SMARTS) is 1. The lowest BCUT2D eigenvalue weighted by atomic mass is 10.2. The zero-order valence-electron chi connectivity index (χ0n) is 9.82. The molecule has 0 saturated carbocycles. The summed E-state index contributed by atoms with van der Waals surface area (Å²) in [7, 11) is 0. The number of aromatic nitrogens is 1. The zero-order chi connectivity index (χ0) is 13.0. The van der Waals surface area contributed by atoms with Gasteiger partial charge in [-0.15, -0.1) is 0 Å². The molecule has 1 atom stereocenters. The van der Waals surface area contributed by atoms with Crippen molar-refractivity contribution < 1.29 is 14.7 Å². The van der Waals surface area contributed by atoms with Crippen molar-refractivity contribution in [2.45, 2.75) is 18.9 Å². The fourth-order valence-corrected chi connectivity index (χ4v) is 2.03. The predicted octanol–water partition coefficient (Wildman–Crippen LogP) is 1.17. The molecule has 0 bridgehead atoms. The van der Waals surface area contributed by atoms with Crippen LogP contribution < -0.4 is 0 Å². The van der Waals surface area contributed by atoms with Crippen LogP contribution in [0.2, 0.25) is 0 Å². The van der Waals surface area contributed by atoms with E-state index in [4.69, 9.17) is 5.11 Å². The topological polar surface area (TPSA) is 70.5 Å². The van der Waals surface area contributed by atoms with E-state index < -0.39 is 12.0 Å². The Labute approximate surface area is 105 Å². The molecule has 0 radical (unpaired) electrons. The van der Waals surface area contributed by atoms with E-state index in [1.165, 1.54) is 11.0 Å². The van der Waals surface area contributed by atoms with Gasteiger partial charge < -0.3 is 10.0 Å². The Morgan fingerprint density at radius 3 is 3.00 bits per heavy atom. The van der Waals surface area contributed by atoms with Crippen LogP contribution in [0.5, 0.6) is 0 Å². The van der Waals surface area contributed by atoms with Gasteiger partial charge in [0.25, 0.3) is 0 Å². The fraction of sp³-hybridized carbons (Fsp3) is 0.308. The van der Waals surface area contributed by atoms with E-state index >= 15 is 0 Å². The summed E-state index contributed by atoms with van der Waals surface area (Å²) < 4.78 is 0. The molecule has 2 rings (SSSR count). The molecule has 5 nitrogen and oxygen atoms in total. The molecule has 2 heterocycles. The van der Waals surface area contributed by atoms with Crippen molar-refractivity contribution in [3.05, 3.63) is 36.2 Å². The minimum atomic E-state index is -0.935. The molecule has 0 unspecified atom stereocenters. The molecule has 94 valence electrons. The van der Waals surface area contributed by atoms with Crippen molar-refractivity contribution in [2.24, 2.45) is 0 Å². The van der Waals surface area contributed by atoms with Gasteiger partial charge in [-0.05, 0) is 30.5 Å².